The summed E-state index contributed by atoms with van der Waals surface area (Å²) in [6, 6.07) is 28.4. The van der Waals surface area contributed by atoms with Gasteiger partial charge in [-0.2, -0.15) is 0 Å². The number of hydrogen-bond donors (Lipinski definition) is 1. The van der Waals surface area contributed by atoms with Gasteiger partial charge in [-0.1, -0.05) is 66.7 Å². The lowest BCUT2D eigenvalue weighted by molar-refractivity contribution is 0.0111. The monoisotopic (exact) mass is 570 g/mol. The fourth-order valence-corrected chi connectivity index (χ4v) is 5.84. The Morgan fingerprint density at radius 1 is 0.805 bits per heavy atom. The van der Waals surface area contributed by atoms with Gasteiger partial charge in [-0.05, 0) is 53.4 Å². The molecule has 2 heterocycles. The van der Waals surface area contributed by atoms with Crippen molar-refractivity contribution in [2.24, 2.45) is 0 Å². The topological polar surface area (TPSA) is 109 Å². The number of carbonyl (C=O) groups excluding carboxylic acids is 2. The summed E-state index contributed by atoms with van der Waals surface area (Å²) in [5, 5.41) is 2.72. The van der Waals surface area contributed by atoms with Crippen molar-refractivity contribution in [1.29, 1.82) is 0 Å². The molecule has 4 aromatic rings. The van der Waals surface area contributed by atoms with Gasteiger partial charge in [0, 0.05) is 43.5 Å². The van der Waals surface area contributed by atoms with Crippen molar-refractivity contribution in [1.82, 2.24) is 19.7 Å². The average molecular weight is 571 g/mol. The van der Waals surface area contributed by atoms with E-state index in [1.807, 2.05) is 48.5 Å². The van der Waals surface area contributed by atoms with Crippen LogP contribution in [-0.4, -0.2) is 48.5 Å². The van der Waals surface area contributed by atoms with Crippen LogP contribution in [0.1, 0.15) is 39.2 Å². The Morgan fingerprint density at radius 3 is 2.27 bits per heavy atom. The van der Waals surface area contributed by atoms with Crippen LogP contribution in [0.3, 0.4) is 0 Å². The number of rotatable bonds is 9. The summed E-state index contributed by atoms with van der Waals surface area (Å²) < 4.78 is 34.4. The number of pyridine rings is 1. The van der Waals surface area contributed by atoms with E-state index in [2.05, 4.69) is 9.71 Å². The number of carbonyl (C=O) groups is 2. The molecule has 1 N–H and O–H groups in total. The number of hydrogen-bond acceptors (Lipinski definition) is 6. The van der Waals surface area contributed by atoms with Gasteiger partial charge >= 0.3 is 6.09 Å². The number of nitrogens with zero attached hydrogens (tertiary/aromatic N) is 3. The lowest BCUT2D eigenvalue weighted by Gasteiger charge is -2.27. The van der Waals surface area contributed by atoms with Crippen LogP contribution in [0.5, 0.6) is 0 Å². The second kappa shape index (κ2) is 12.8. The summed E-state index contributed by atoms with van der Waals surface area (Å²) in [4.78, 5) is 30.4. The molecule has 41 heavy (non-hydrogen) atoms. The number of ether oxygens (including phenoxy) is 1. The molecular weight excluding hydrogens is 540 g/mol. The molecule has 1 aliphatic rings. The van der Waals surface area contributed by atoms with Gasteiger partial charge in [-0.3, -0.25) is 9.78 Å². The predicted molar refractivity (Wildman–Crippen MR) is 153 cm³/mol. The minimum absolute atomic E-state index is 0.0520. The van der Waals surface area contributed by atoms with E-state index >= 15 is 0 Å². The first-order valence-corrected chi connectivity index (χ1v) is 14.8. The third-order valence-electron chi connectivity index (χ3n) is 6.71. The quantitative estimate of drug-likeness (QED) is 0.316. The van der Waals surface area contributed by atoms with Gasteiger partial charge in [0.15, 0.2) is 0 Å². The Bertz CT molecular complexity index is 1600. The van der Waals surface area contributed by atoms with E-state index < -0.39 is 16.1 Å². The first-order valence-electron chi connectivity index (χ1n) is 13.3. The number of aromatic nitrogens is 1. The van der Waals surface area contributed by atoms with E-state index in [1.54, 1.807) is 54.7 Å². The standard InChI is InChI=1S/C31H30N4O5S/c36-30(34-19-8-20-35(34)31(37)40-23-25-9-2-1-3-10-25)26-16-14-24(15-17-26)22-33-41(38,39)29-13-5-4-11-27(29)21-28-12-6-7-18-32-28/h1-7,9-18,33H,8,19-23H2. The lowest BCUT2D eigenvalue weighted by atomic mass is 10.1. The maximum absolute atomic E-state index is 13.2. The van der Waals surface area contributed by atoms with Crippen LogP contribution in [0.15, 0.2) is 108 Å². The van der Waals surface area contributed by atoms with Crippen molar-refractivity contribution < 1.29 is 22.7 Å². The molecule has 1 fully saturated rings. The number of hydrazine groups is 1. The molecule has 0 radical (unpaired) electrons. The van der Waals surface area contributed by atoms with E-state index in [-0.39, 0.29) is 24.0 Å². The van der Waals surface area contributed by atoms with Gasteiger partial charge < -0.3 is 4.74 Å². The van der Waals surface area contributed by atoms with E-state index in [1.165, 1.54) is 10.0 Å². The van der Waals surface area contributed by atoms with Crippen molar-refractivity contribution in [3.8, 4) is 0 Å². The Balaban J connectivity index is 1.20. The summed E-state index contributed by atoms with van der Waals surface area (Å²) >= 11 is 0. The van der Waals surface area contributed by atoms with Crippen LogP contribution < -0.4 is 4.72 Å². The lowest BCUT2D eigenvalue weighted by Crippen LogP contribution is -2.45. The molecule has 0 unspecified atom stereocenters. The van der Waals surface area contributed by atoms with Crippen LogP contribution in [0.25, 0.3) is 0 Å². The van der Waals surface area contributed by atoms with Gasteiger partial charge in [0.2, 0.25) is 10.0 Å². The molecule has 5 rings (SSSR count). The maximum Gasteiger partial charge on any atom is 0.429 e. The molecule has 0 atom stereocenters. The minimum atomic E-state index is -3.80. The largest absolute Gasteiger partial charge is 0.443 e. The Kier molecular flexibility index (Phi) is 8.71. The molecular formula is C31H30N4O5S. The highest BCUT2D eigenvalue weighted by atomic mass is 32.2. The summed E-state index contributed by atoms with van der Waals surface area (Å²) in [5.41, 5.74) is 3.36. The van der Waals surface area contributed by atoms with Crippen LogP contribution >= 0.6 is 0 Å². The zero-order valence-corrected chi connectivity index (χ0v) is 23.2. The van der Waals surface area contributed by atoms with Crippen LogP contribution in [0.2, 0.25) is 0 Å². The molecule has 0 saturated carbocycles. The van der Waals surface area contributed by atoms with Crippen molar-refractivity contribution >= 4 is 22.0 Å². The number of benzene rings is 3. The SMILES string of the molecule is O=C(OCc1ccccc1)N1CCCN1C(=O)c1ccc(CNS(=O)(=O)c2ccccc2Cc2ccccn2)cc1. The number of sulfonamides is 1. The zero-order valence-electron chi connectivity index (χ0n) is 22.3. The molecule has 1 saturated heterocycles. The summed E-state index contributed by atoms with van der Waals surface area (Å²) in [6.07, 6.45) is 2.14. The third kappa shape index (κ3) is 6.97. The summed E-state index contributed by atoms with van der Waals surface area (Å²) in [7, 11) is -3.80. The van der Waals surface area contributed by atoms with Gasteiger partial charge in [0.1, 0.15) is 6.61 Å². The molecule has 210 valence electrons. The highest BCUT2D eigenvalue weighted by Crippen LogP contribution is 2.20. The molecule has 1 aromatic heterocycles. The second-order valence-electron chi connectivity index (χ2n) is 9.57. The molecule has 0 bridgehead atoms. The van der Waals surface area contributed by atoms with Crippen LogP contribution in [0, 0.1) is 0 Å². The number of nitrogens with one attached hydrogen (secondary N) is 1. The van der Waals surface area contributed by atoms with Gasteiger partial charge in [0.25, 0.3) is 5.91 Å². The van der Waals surface area contributed by atoms with Crippen LogP contribution in [-0.2, 0) is 34.3 Å². The fraction of sp³-hybridized carbons (Fsp3) is 0.194. The molecule has 0 aliphatic carbocycles. The first kappa shape index (κ1) is 28.0. The smallest absolute Gasteiger partial charge is 0.429 e. The second-order valence-corrected chi connectivity index (χ2v) is 11.3. The molecule has 2 amide bonds. The normalized spacial score (nSPS) is 13.3. The molecule has 9 nitrogen and oxygen atoms in total. The van der Waals surface area contributed by atoms with E-state index in [0.29, 0.717) is 42.6 Å². The Hall–Kier alpha value is -4.54. The van der Waals surface area contributed by atoms with Gasteiger partial charge in [-0.25, -0.2) is 28.0 Å². The average Bonchev–Trinajstić information content (AvgIpc) is 3.50. The van der Waals surface area contributed by atoms with Crippen molar-refractivity contribution in [2.75, 3.05) is 13.1 Å². The van der Waals surface area contributed by atoms with Crippen molar-refractivity contribution in [2.45, 2.75) is 30.9 Å². The zero-order chi connectivity index (χ0) is 28.7. The fourth-order valence-electron chi connectivity index (χ4n) is 4.59. The summed E-state index contributed by atoms with van der Waals surface area (Å²) in [6.45, 7) is 0.965. The van der Waals surface area contributed by atoms with Gasteiger partial charge in [0.05, 0.1) is 4.90 Å². The molecule has 3 aromatic carbocycles. The first-order chi connectivity index (χ1) is 19.9. The minimum Gasteiger partial charge on any atom is -0.443 e. The van der Waals surface area contributed by atoms with E-state index in [0.717, 1.165) is 11.3 Å². The molecule has 1 aliphatic heterocycles. The highest BCUT2D eigenvalue weighted by Gasteiger charge is 2.32. The highest BCUT2D eigenvalue weighted by molar-refractivity contribution is 7.89. The van der Waals surface area contributed by atoms with Crippen molar-refractivity contribution in [3.05, 3.63) is 131 Å². The maximum atomic E-state index is 13.2. The number of amides is 2. The van der Waals surface area contributed by atoms with Gasteiger partial charge in [-0.15, -0.1) is 0 Å². The summed E-state index contributed by atoms with van der Waals surface area (Å²) in [5.74, 6) is -0.324. The predicted octanol–water partition coefficient (Wildman–Crippen LogP) is 4.55. The van der Waals surface area contributed by atoms with E-state index in [9.17, 15) is 18.0 Å². The van der Waals surface area contributed by atoms with E-state index in [4.69, 9.17) is 4.74 Å². The van der Waals surface area contributed by atoms with Crippen molar-refractivity contribution in [3.63, 3.8) is 0 Å². The third-order valence-corrected chi connectivity index (χ3v) is 8.21. The Labute approximate surface area is 239 Å². The Morgan fingerprint density at radius 2 is 1.51 bits per heavy atom. The molecule has 10 heteroatoms. The van der Waals surface area contributed by atoms with Crippen LogP contribution in [0.4, 0.5) is 4.79 Å². The molecule has 0 spiro atoms.